The topological polar surface area (TPSA) is 114 Å². The van der Waals surface area contributed by atoms with Crippen LogP contribution in [0.2, 0.25) is 0 Å². The van der Waals surface area contributed by atoms with E-state index < -0.39 is 16.0 Å². The summed E-state index contributed by atoms with van der Waals surface area (Å²) in [5.74, 6) is -1.17. The van der Waals surface area contributed by atoms with E-state index in [1.165, 1.54) is 12.1 Å². The predicted molar refractivity (Wildman–Crippen MR) is 77.9 cm³/mol. The number of carbonyl (C=O) groups is 1. The molecule has 118 valence electrons. The van der Waals surface area contributed by atoms with Gasteiger partial charge in [0.2, 0.25) is 10.0 Å². The minimum Gasteiger partial charge on any atom is -0.478 e. The molecule has 0 unspecified atom stereocenters. The summed E-state index contributed by atoms with van der Waals surface area (Å²) in [6, 6.07) is 3.95. The van der Waals surface area contributed by atoms with Crippen molar-refractivity contribution in [2.75, 3.05) is 0 Å². The van der Waals surface area contributed by atoms with Crippen molar-refractivity contribution >= 4 is 16.0 Å². The van der Waals surface area contributed by atoms with Gasteiger partial charge in [0.05, 0.1) is 22.7 Å². The molecule has 2 rings (SSSR count). The number of nitrogens with zero attached hydrogens (tertiary/aromatic N) is 3. The van der Waals surface area contributed by atoms with Crippen LogP contribution in [-0.4, -0.2) is 34.5 Å². The molecule has 1 aromatic carbocycles. The van der Waals surface area contributed by atoms with Crippen LogP contribution < -0.4 is 4.72 Å². The van der Waals surface area contributed by atoms with Crippen LogP contribution in [-0.2, 0) is 23.1 Å². The Hall–Kier alpha value is -2.26. The fraction of sp³-hybridized carbons (Fsp3) is 0.308. The summed E-state index contributed by atoms with van der Waals surface area (Å²) in [4.78, 5) is 10.9. The van der Waals surface area contributed by atoms with E-state index in [9.17, 15) is 13.2 Å². The van der Waals surface area contributed by atoms with E-state index in [-0.39, 0.29) is 17.0 Å². The second-order valence-corrected chi connectivity index (χ2v) is 6.50. The largest absolute Gasteiger partial charge is 0.478 e. The third-order valence-electron chi connectivity index (χ3n) is 2.96. The van der Waals surface area contributed by atoms with Crippen molar-refractivity contribution in [2.24, 2.45) is 0 Å². The molecule has 8 nitrogen and oxygen atoms in total. The van der Waals surface area contributed by atoms with Crippen LogP contribution in [0, 0.1) is 6.92 Å². The van der Waals surface area contributed by atoms with Gasteiger partial charge in [0, 0.05) is 12.7 Å². The van der Waals surface area contributed by atoms with Gasteiger partial charge in [-0.05, 0) is 37.6 Å². The highest BCUT2D eigenvalue weighted by atomic mass is 32.2. The molecule has 0 saturated heterocycles. The van der Waals surface area contributed by atoms with Crippen LogP contribution in [0.1, 0.15) is 28.5 Å². The Morgan fingerprint density at radius 1 is 1.36 bits per heavy atom. The van der Waals surface area contributed by atoms with Crippen molar-refractivity contribution in [3.8, 4) is 0 Å². The van der Waals surface area contributed by atoms with Crippen molar-refractivity contribution in [1.82, 2.24) is 19.7 Å². The van der Waals surface area contributed by atoms with Crippen LogP contribution in [0.4, 0.5) is 0 Å². The second-order valence-electron chi connectivity index (χ2n) is 4.73. The van der Waals surface area contributed by atoms with E-state index in [1.807, 2.05) is 6.92 Å². The first-order valence-corrected chi connectivity index (χ1v) is 8.04. The molecule has 2 aromatic rings. The van der Waals surface area contributed by atoms with Crippen LogP contribution in [0.3, 0.4) is 0 Å². The Kier molecular flexibility index (Phi) is 4.57. The lowest BCUT2D eigenvalue weighted by molar-refractivity contribution is 0.0696. The molecule has 0 amide bonds. The number of aromatic carboxylic acids is 1. The molecule has 9 heteroatoms. The van der Waals surface area contributed by atoms with E-state index in [0.717, 1.165) is 6.07 Å². The molecular weight excluding hydrogens is 308 g/mol. The zero-order valence-electron chi connectivity index (χ0n) is 12.1. The van der Waals surface area contributed by atoms with Crippen LogP contribution >= 0.6 is 0 Å². The van der Waals surface area contributed by atoms with Crippen molar-refractivity contribution in [3.05, 3.63) is 41.2 Å². The Balaban J connectivity index is 2.21. The Labute approximate surface area is 127 Å². The van der Waals surface area contributed by atoms with E-state index in [0.29, 0.717) is 17.8 Å². The zero-order valence-corrected chi connectivity index (χ0v) is 13.0. The van der Waals surface area contributed by atoms with Gasteiger partial charge in [0.25, 0.3) is 0 Å². The van der Waals surface area contributed by atoms with Crippen LogP contribution in [0.5, 0.6) is 0 Å². The number of carboxylic acid groups (broad SMARTS) is 1. The summed E-state index contributed by atoms with van der Waals surface area (Å²) in [6.07, 6.45) is 1.64. The molecule has 0 aliphatic carbocycles. The maximum Gasteiger partial charge on any atom is 0.335 e. The van der Waals surface area contributed by atoms with Gasteiger partial charge in [-0.2, -0.15) is 0 Å². The summed E-state index contributed by atoms with van der Waals surface area (Å²) < 4.78 is 28.5. The highest BCUT2D eigenvalue weighted by Crippen LogP contribution is 2.15. The standard InChI is InChI=1S/C13H16N4O4S/c1-3-17-8-11(15-16-17)7-14-22(20,21)12-5-9(2)4-10(6-12)13(18)19/h4-6,8,14H,3,7H2,1-2H3,(H,18,19). The van der Waals surface area contributed by atoms with Gasteiger partial charge < -0.3 is 5.11 Å². The third kappa shape index (κ3) is 3.68. The average Bonchev–Trinajstić information content (AvgIpc) is 2.92. The summed E-state index contributed by atoms with van der Waals surface area (Å²) >= 11 is 0. The lowest BCUT2D eigenvalue weighted by atomic mass is 10.1. The van der Waals surface area contributed by atoms with Gasteiger partial charge in [0.1, 0.15) is 0 Å². The molecule has 0 bridgehead atoms. The number of sulfonamides is 1. The molecule has 0 spiro atoms. The Bertz CT molecular complexity index is 798. The summed E-state index contributed by atoms with van der Waals surface area (Å²) in [6.45, 7) is 4.15. The summed E-state index contributed by atoms with van der Waals surface area (Å²) in [5.41, 5.74) is 0.964. The number of aromatic nitrogens is 3. The van der Waals surface area contributed by atoms with Crippen molar-refractivity contribution < 1.29 is 18.3 Å². The summed E-state index contributed by atoms with van der Waals surface area (Å²) in [5, 5.41) is 16.7. The monoisotopic (exact) mass is 324 g/mol. The summed E-state index contributed by atoms with van der Waals surface area (Å²) in [7, 11) is -3.82. The Morgan fingerprint density at radius 2 is 2.09 bits per heavy atom. The van der Waals surface area contributed by atoms with Gasteiger partial charge in [0.15, 0.2) is 0 Å². The van der Waals surface area contributed by atoms with Gasteiger partial charge in [-0.3, -0.25) is 4.68 Å². The number of carboxylic acids is 1. The average molecular weight is 324 g/mol. The lowest BCUT2D eigenvalue weighted by Gasteiger charge is -2.07. The molecule has 0 aliphatic heterocycles. The molecule has 2 N–H and O–H groups in total. The van der Waals surface area contributed by atoms with Crippen molar-refractivity contribution in [1.29, 1.82) is 0 Å². The number of aryl methyl sites for hydroxylation is 2. The highest BCUT2D eigenvalue weighted by Gasteiger charge is 2.17. The first-order chi connectivity index (χ1) is 10.3. The number of nitrogens with one attached hydrogen (secondary N) is 1. The molecular formula is C13H16N4O4S. The Morgan fingerprint density at radius 3 is 2.68 bits per heavy atom. The maximum atomic E-state index is 12.2. The molecule has 0 aliphatic rings. The van der Waals surface area contributed by atoms with Gasteiger partial charge in [-0.1, -0.05) is 5.21 Å². The molecule has 0 saturated carbocycles. The van der Waals surface area contributed by atoms with Gasteiger partial charge in [-0.25, -0.2) is 17.9 Å². The minimum atomic E-state index is -3.82. The number of rotatable bonds is 6. The van der Waals surface area contributed by atoms with E-state index in [2.05, 4.69) is 15.0 Å². The maximum absolute atomic E-state index is 12.2. The molecule has 0 radical (unpaired) electrons. The van der Waals surface area contributed by atoms with E-state index in [4.69, 9.17) is 5.11 Å². The number of hydrogen-bond acceptors (Lipinski definition) is 5. The number of benzene rings is 1. The van der Waals surface area contributed by atoms with Crippen molar-refractivity contribution in [2.45, 2.75) is 31.8 Å². The van der Waals surface area contributed by atoms with E-state index >= 15 is 0 Å². The van der Waals surface area contributed by atoms with Crippen molar-refractivity contribution in [3.63, 3.8) is 0 Å². The molecule has 0 fully saturated rings. The fourth-order valence-electron chi connectivity index (χ4n) is 1.85. The first kappa shape index (κ1) is 16.1. The highest BCUT2D eigenvalue weighted by molar-refractivity contribution is 7.89. The third-order valence-corrected chi connectivity index (χ3v) is 4.34. The van der Waals surface area contributed by atoms with Gasteiger partial charge >= 0.3 is 5.97 Å². The molecule has 1 aromatic heterocycles. The van der Waals surface area contributed by atoms with E-state index in [1.54, 1.807) is 17.8 Å². The van der Waals surface area contributed by atoms with Crippen LogP contribution in [0.15, 0.2) is 29.3 Å². The smallest absolute Gasteiger partial charge is 0.335 e. The normalized spacial score (nSPS) is 11.5. The quantitative estimate of drug-likeness (QED) is 0.811. The first-order valence-electron chi connectivity index (χ1n) is 6.55. The van der Waals surface area contributed by atoms with Crippen LogP contribution in [0.25, 0.3) is 0 Å². The predicted octanol–water partition coefficient (Wildman–Crippen LogP) is 0.783. The molecule has 0 atom stereocenters. The zero-order chi connectivity index (χ0) is 16.3. The minimum absolute atomic E-state index is 0.0152. The van der Waals surface area contributed by atoms with Gasteiger partial charge in [-0.15, -0.1) is 5.10 Å². The second kappa shape index (κ2) is 6.24. The SMILES string of the molecule is CCn1cc(CNS(=O)(=O)c2cc(C)cc(C(=O)O)c2)nn1. The molecule has 1 heterocycles. The fourth-order valence-corrected chi connectivity index (χ4v) is 2.98. The molecule has 22 heavy (non-hydrogen) atoms. The lowest BCUT2D eigenvalue weighted by Crippen LogP contribution is -2.24. The number of hydrogen-bond donors (Lipinski definition) is 2.